The van der Waals surface area contributed by atoms with Crippen LogP contribution in [0.2, 0.25) is 0 Å². The third-order valence-electron chi connectivity index (χ3n) is 3.40. The minimum absolute atomic E-state index is 0.292. The predicted octanol–water partition coefficient (Wildman–Crippen LogP) is 4.19. The van der Waals surface area contributed by atoms with E-state index in [1.54, 1.807) is 6.07 Å². The molecule has 3 rings (SSSR count). The summed E-state index contributed by atoms with van der Waals surface area (Å²) >= 11 is 0. The topological polar surface area (TPSA) is 76.1 Å². The number of amides is 2. The van der Waals surface area contributed by atoms with Gasteiger partial charge in [0, 0.05) is 23.0 Å². The Morgan fingerprint density at radius 3 is 2.16 bits per heavy atom. The molecule has 0 aliphatic heterocycles. The number of urea groups is 1. The van der Waals surface area contributed by atoms with Crippen molar-refractivity contribution in [3.8, 4) is 17.1 Å². The second kappa shape index (κ2) is 7.92. The van der Waals surface area contributed by atoms with Crippen LogP contribution in [-0.2, 0) is 0 Å². The van der Waals surface area contributed by atoms with Crippen LogP contribution < -0.4 is 15.4 Å². The first kappa shape index (κ1) is 16.4. The summed E-state index contributed by atoms with van der Waals surface area (Å²) in [5, 5.41) is 13.7. The summed E-state index contributed by atoms with van der Waals surface area (Å²) in [5.41, 5.74) is 3.07. The fraction of sp³-hybridized carbons (Fsp3) is 0.105. The highest BCUT2D eigenvalue weighted by molar-refractivity contribution is 5.99. The van der Waals surface area contributed by atoms with E-state index < -0.39 is 0 Å². The number of nitrogens with zero attached hydrogens (tertiary/aromatic N) is 2. The zero-order chi connectivity index (χ0) is 17.5. The number of para-hydroxylation sites is 1. The molecule has 126 valence electrons. The Morgan fingerprint density at radius 1 is 0.880 bits per heavy atom. The van der Waals surface area contributed by atoms with E-state index in [2.05, 4.69) is 20.8 Å². The van der Waals surface area contributed by atoms with Gasteiger partial charge in [-0.2, -0.15) is 0 Å². The molecule has 0 spiro atoms. The summed E-state index contributed by atoms with van der Waals surface area (Å²) in [7, 11) is 0. The Labute approximate surface area is 145 Å². The maximum Gasteiger partial charge on any atom is 0.323 e. The number of hydrogen-bond donors (Lipinski definition) is 2. The third kappa shape index (κ3) is 4.54. The summed E-state index contributed by atoms with van der Waals surface area (Å²) in [4.78, 5) is 12.0. The van der Waals surface area contributed by atoms with Crippen LogP contribution in [0.4, 0.5) is 16.2 Å². The number of benzene rings is 2. The highest BCUT2D eigenvalue weighted by Crippen LogP contribution is 2.20. The van der Waals surface area contributed by atoms with Gasteiger partial charge in [0.25, 0.3) is 0 Å². The van der Waals surface area contributed by atoms with Crippen molar-refractivity contribution in [2.45, 2.75) is 6.92 Å². The van der Waals surface area contributed by atoms with Crippen LogP contribution in [0, 0.1) is 0 Å². The van der Waals surface area contributed by atoms with Crippen LogP contribution in [0.15, 0.2) is 66.7 Å². The van der Waals surface area contributed by atoms with E-state index in [0.717, 1.165) is 16.9 Å². The van der Waals surface area contributed by atoms with E-state index in [-0.39, 0.29) is 6.03 Å². The number of rotatable bonds is 5. The summed E-state index contributed by atoms with van der Waals surface area (Å²) in [6.45, 7) is 2.45. The Balaban J connectivity index is 1.62. The van der Waals surface area contributed by atoms with Crippen LogP contribution in [0.25, 0.3) is 11.3 Å². The number of carbonyl (C=O) groups excluding carboxylic acids is 1. The smallest absolute Gasteiger partial charge is 0.323 e. The number of nitrogens with one attached hydrogen (secondary N) is 2. The average Bonchev–Trinajstić information content (AvgIpc) is 2.64. The molecule has 1 heterocycles. The second-order valence-corrected chi connectivity index (χ2v) is 5.21. The van der Waals surface area contributed by atoms with Gasteiger partial charge in [0.2, 0.25) is 5.88 Å². The maximum atomic E-state index is 12.0. The fourth-order valence-corrected chi connectivity index (χ4v) is 2.24. The van der Waals surface area contributed by atoms with Crippen molar-refractivity contribution in [2.75, 3.05) is 17.2 Å². The van der Waals surface area contributed by atoms with Gasteiger partial charge in [-0.05, 0) is 37.3 Å². The number of carbonyl (C=O) groups is 1. The van der Waals surface area contributed by atoms with Gasteiger partial charge in [-0.25, -0.2) is 4.79 Å². The summed E-state index contributed by atoms with van der Waals surface area (Å²) in [5.74, 6) is 0.502. The molecule has 1 aromatic heterocycles. The standard InChI is InChI=1S/C19H18N4O2/c1-2-25-18-13-12-17(22-23-18)14-8-10-16(11-9-14)21-19(24)20-15-6-4-3-5-7-15/h3-13H,2H2,1H3,(H2,20,21,24). The lowest BCUT2D eigenvalue weighted by molar-refractivity contribution is 0.262. The second-order valence-electron chi connectivity index (χ2n) is 5.21. The summed E-state index contributed by atoms with van der Waals surface area (Å²) < 4.78 is 5.28. The Bertz CT molecular complexity index is 818. The van der Waals surface area contributed by atoms with Gasteiger partial charge in [-0.1, -0.05) is 30.3 Å². The zero-order valence-electron chi connectivity index (χ0n) is 13.8. The highest BCUT2D eigenvalue weighted by Gasteiger charge is 2.05. The number of ether oxygens (including phenoxy) is 1. The van der Waals surface area contributed by atoms with Crippen LogP contribution >= 0.6 is 0 Å². The molecule has 2 aromatic carbocycles. The SMILES string of the molecule is CCOc1ccc(-c2ccc(NC(=O)Nc3ccccc3)cc2)nn1. The van der Waals surface area contributed by atoms with Crippen molar-refractivity contribution in [3.63, 3.8) is 0 Å². The Hall–Kier alpha value is -3.41. The predicted molar refractivity (Wildman–Crippen MR) is 97.7 cm³/mol. The van der Waals surface area contributed by atoms with Crippen molar-refractivity contribution >= 4 is 17.4 Å². The first-order valence-electron chi connectivity index (χ1n) is 7.94. The van der Waals surface area contributed by atoms with Crippen molar-refractivity contribution in [1.29, 1.82) is 0 Å². The maximum absolute atomic E-state index is 12.0. The third-order valence-corrected chi connectivity index (χ3v) is 3.40. The fourth-order valence-electron chi connectivity index (χ4n) is 2.24. The Kier molecular flexibility index (Phi) is 5.21. The van der Waals surface area contributed by atoms with E-state index in [1.165, 1.54) is 0 Å². The van der Waals surface area contributed by atoms with Crippen molar-refractivity contribution in [3.05, 3.63) is 66.7 Å². The lowest BCUT2D eigenvalue weighted by atomic mass is 10.1. The molecule has 0 radical (unpaired) electrons. The molecule has 0 fully saturated rings. The molecule has 0 aliphatic carbocycles. The van der Waals surface area contributed by atoms with Crippen LogP contribution in [0.3, 0.4) is 0 Å². The van der Waals surface area contributed by atoms with E-state index in [0.29, 0.717) is 18.2 Å². The number of anilines is 2. The minimum Gasteiger partial charge on any atom is -0.477 e. The van der Waals surface area contributed by atoms with Gasteiger partial charge >= 0.3 is 6.03 Å². The van der Waals surface area contributed by atoms with Gasteiger partial charge in [-0.3, -0.25) is 0 Å². The van der Waals surface area contributed by atoms with Crippen LogP contribution in [-0.4, -0.2) is 22.8 Å². The first-order valence-corrected chi connectivity index (χ1v) is 7.94. The minimum atomic E-state index is -0.292. The lowest BCUT2D eigenvalue weighted by Gasteiger charge is -2.08. The van der Waals surface area contributed by atoms with E-state index in [4.69, 9.17) is 4.74 Å². The molecule has 0 atom stereocenters. The molecular formula is C19H18N4O2. The van der Waals surface area contributed by atoms with Crippen molar-refractivity contribution in [1.82, 2.24) is 10.2 Å². The van der Waals surface area contributed by atoms with Gasteiger partial charge < -0.3 is 15.4 Å². The number of aromatic nitrogens is 2. The first-order chi connectivity index (χ1) is 12.2. The normalized spacial score (nSPS) is 10.1. The molecule has 0 bridgehead atoms. The molecule has 0 unspecified atom stereocenters. The largest absolute Gasteiger partial charge is 0.477 e. The lowest BCUT2D eigenvalue weighted by Crippen LogP contribution is -2.19. The molecule has 3 aromatic rings. The van der Waals surface area contributed by atoms with Gasteiger partial charge in [0.05, 0.1) is 12.3 Å². The molecule has 0 saturated carbocycles. The van der Waals surface area contributed by atoms with Gasteiger partial charge in [0.15, 0.2) is 0 Å². The highest BCUT2D eigenvalue weighted by atomic mass is 16.5. The number of hydrogen-bond acceptors (Lipinski definition) is 4. The van der Waals surface area contributed by atoms with Crippen LogP contribution in [0.1, 0.15) is 6.92 Å². The molecule has 0 saturated heterocycles. The molecule has 2 N–H and O–H groups in total. The van der Waals surface area contributed by atoms with E-state index in [9.17, 15) is 4.79 Å². The average molecular weight is 334 g/mol. The molecule has 0 aliphatic rings. The van der Waals surface area contributed by atoms with Gasteiger partial charge in [-0.15, -0.1) is 10.2 Å². The molecule has 25 heavy (non-hydrogen) atoms. The van der Waals surface area contributed by atoms with E-state index >= 15 is 0 Å². The van der Waals surface area contributed by atoms with Crippen molar-refractivity contribution < 1.29 is 9.53 Å². The van der Waals surface area contributed by atoms with Crippen molar-refractivity contribution in [2.24, 2.45) is 0 Å². The molecular weight excluding hydrogens is 316 g/mol. The monoisotopic (exact) mass is 334 g/mol. The molecule has 6 heteroatoms. The van der Waals surface area contributed by atoms with Crippen LogP contribution in [0.5, 0.6) is 5.88 Å². The van der Waals surface area contributed by atoms with Gasteiger partial charge in [0.1, 0.15) is 0 Å². The molecule has 6 nitrogen and oxygen atoms in total. The quantitative estimate of drug-likeness (QED) is 0.733. The summed E-state index contributed by atoms with van der Waals surface area (Å²) in [6, 6.07) is 20.0. The molecule has 2 amide bonds. The zero-order valence-corrected chi connectivity index (χ0v) is 13.8. The Morgan fingerprint density at radius 2 is 1.56 bits per heavy atom. The van der Waals surface area contributed by atoms with E-state index in [1.807, 2.05) is 67.6 Å². The summed E-state index contributed by atoms with van der Waals surface area (Å²) in [6.07, 6.45) is 0.